The summed E-state index contributed by atoms with van der Waals surface area (Å²) >= 11 is 0.645. The zero-order valence-electron chi connectivity index (χ0n) is 22.4. The minimum Gasteiger partial charge on any atom is -0.463 e. The third kappa shape index (κ3) is 8.77. The van der Waals surface area contributed by atoms with Gasteiger partial charge in [0, 0.05) is 33.7 Å². The molecule has 1 aliphatic heterocycles. The quantitative estimate of drug-likeness (QED) is 0.170. The molecule has 1 aliphatic rings. The standard InChI is InChI=1S/C23H29N3O13S/c1-10(2)24-15-7-19(17(26(33)34)8-16(15)25(31)32)40-23-22(38-14(6)30)21(37-13(5)29)20(36-12(4)28)18(39-23)9-35-11(3)27/h7-8,10,18,20-24H,9H2,1-6H3/t18-,20+,21+,22-,23+/m1/s1. The van der Waals surface area contributed by atoms with Gasteiger partial charge in [0.1, 0.15) is 23.8 Å². The summed E-state index contributed by atoms with van der Waals surface area (Å²) in [4.78, 5) is 69.2. The number of carbonyl (C=O) groups is 4. The normalized spacial score (nSPS) is 22.1. The van der Waals surface area contributed by atoms with Gasteiger partial charge >= 0.3 is 23.9 Å². The van der Waals surface area contributed by atoms with Gasteiger partial charge in [-0.05, 0) is 19.9 Å². The van der Waals surface area contributed by atoms with Crippen LogP contribution in [0, 0.1) is 20.2 Å². The molecule has 1 aromatic carbocycles. The number of hydrogen-bond donors (Lipinski definition) is 1. The zero-order chi connectivity index (χ0) is 30.3. The molecule has 1 N–H and O–H groups in total. The molecule has 16 nitrogen and oxygen atoms in total. The van der Waals surface area contributed by atoms with Crippen LogP contribution >= 0.6 is 11.8 Å². The average Bonchev–Trinajstić information content (AvgIpc) is 2.80. The maximum atomic E-state index is 12.0. The average molecular weight is 588 g/mol. The number of benzene rings is 1. The van der Waals surface area contributed by atoms with E-state index >= 15 is 0 Å². The van der Waals surface area contributed by atoms with Crippen molar-refractivity contribution >= 4 is 52.7 Å². The van der Waals surface area contributed by atoms with Crippen molar-refractivity contribution < 1.29 is 52.7 Å². The first kappa shape index (κ1) is 32.2. The lowest BCUT2D eigenvalue weighted by Gasteiger charge is -2.44. The molecule has 5 atom stereocenters. The fraction of sp³-hybridized carbons (Fsp3) is 0.565. The molecular formula is C23H29N3O13S. The number of nitrogens with zero attached hydrogens (tertiary/aromatic N) is 2. The fourth-order valence-corrected chi connectivity index (χ4v) is 5.01. The van der Waals surface area contributed by atoms with Crippen molar-refractivity contribution in [3.8, 4) is 0 Å². The summed E-state index contributed by atoms with van der Waals surface area (Å²) in [7, 11) is 0. The van der Waals surface area contributed by atoms with Gasteiger partial charge in [-0.25, -0.2) is 0 Å². The van der Waals surface area contributed by atoms with E-state index in [9.17, 15) is 39.4 Å². The molecular weight excluding hydrogens is 558 g/mol. The second-order valence-electron chi connectivity index (χ2n) is 8.84. The molecule has 2 rings (SSSR count). The molecule has 1 heterocycles. The Bertz CT molecular complexity index is 1170. The molecule has 220 valence electrons. The van der Waals surface area contributed by atoms with Crippen molar-refractivity contribution in [3.63, 3.8) is 0 Å². The monoisotopic (exact) mass is 587 g/mol. The number of hydrogen-bond acceptors (Lipinski definition) is 15. The van der Waals surface area contributed by atoms with E-state index in [4.69, 9.17) is 23.7 Å². The maximum Gasteiger partial charge on any atom is 0.303 e. The molecule has 1 saturated heterocycles. The number of nitro groups is 2. The van der Waals surface area contributed by atoms with E-state index in [2.05, 4.69) is 5.32 Å². The van der Waals surface area contributed by atoms with E-state index in [1.54, 1.807) is 13.8 Å². The Morgan fingerprint density at radius 3 is 1.88 bits per heavy atom. The Morgan fingerprint density at radius 1 is 0.875 bits per heavy atom. The molecule has 0 aliphatic carbocycles. The van der Waals surface area contributed by atoms with Crippen molar-refractivity contribution in [1.29, 1.82) is 0 Å². The van der Waals surface area contributed by atoms with Crippen LogP contribution in [0.2, 0.25) is 0 Å². The SMILES string of the molecule is CC(=O)OC[C@H]1O[C@@H](Sc2cc(NC(C)C)c([N+](=O)[O-])cc2[N+](=O)[O-])[C@H](OC(C)=O)[C@@H](OC(C)=O)[C@H]1OC(C)=O. The number of anilines is 1. The molecule has 0 radical (unpaired) electrons. The Labute approximate surface area is 232 Å². The van der Waals surface area contributed by atoms with Crippen LogP contribution in [0.4, 0.5) is 17.1 Å². The van der Waals surface area contributed by atoms with E-state index in [-0.39, 0.29) is 16.6 Å². The van der Waals surface area contributed by atoms with Crippen LogP contribution in [-0.4, -0.2) is 76.2 Å². The minimum atomic E-state index is -1.49. The van der Waals surface area contributed by atoms with Crippen molar-refractivity contribution in [1.82, 2.24) is 0 Å². The summed E-state index contributed by atoms with van der Waals surface area (Å²) in [5.41, 5.74) is -2.60. The minimum absolute atomic E-state index is 0.0289. The Morgan fingerprint density at radius 2 is 1.40 bits per heavy atom. The van der Waals surface area contributed by atoms with E-state index in [0.29, 0.717) is 11.8 Å². The van der Waals surface area contributed by atoms with Gasteiger partial charge in [-0.15, -0.1) is 0 Å². The number of nitrogens with one attached hydrogen (secondary N) is 1. The highest BCUT2D eigenvalue weighted by atomic mass is 32.2. The van der Waals surface area contributed by atoms with E-state index in [1.807, 2.05) is 0 Å². The molecule has 0 amide bonds. The third-order valence-electron chi connectivity index (χ3n) is 5.11. The van der Waals surface area contributed by atoms with E-state index in [0.717, 1.165) is 33.8 Å². The second-order valence-corrected chi connectivity index (χ2v) is 9.98. The number of thioether (sulfide) groups is 1. The van der Waals surface area contributed by atoms with Crippen molar-refractivity contribution in [2.24, 2.45) is 0 Å². The van der Waals surface area contributed by atoms with E-state index in [1.165, 1.54) is 6.07 Å². The molecule has 0 saturated carbocycles. The van der Waals surface area contributed by atoms with Gasteiger partial charge in [-0.2, -0.15) is 0 Å². The molecule has 0 unspecified atom stereocenters. The third-order valence-corrected chi connectivity index (χ3v) is 6.30. The molecule has 1 aromatic rings. The number of rotatable bonds is 11. The molecule has 17 heteroatoms. The van der Waals surface area contributed by atoms with Crippen LogP contribution in [0.1, 0.15) is 41.5 Å². The summed E-state index contributed by atoms with van der Waals surface area (Å²) in [5.74, 6) is -3.23. The van der Waals surface area contributed by atoms with Crippen LogP contribution < -0.4 is 5.32 Å². The molecule has 0 aromatic heterocycles. The highest BCUT2D eigenvalue weighted by molar-refractivity contribution is 8.00. The van der Waals surface area contributed by atoms with Gasteiger partial charge in [0.05, 0.1) is 20.8 Å². The maximum absolute atomic E-state index is 12.0. The van der Waals surface area contributed by atoms with Crippen LogP contribution in [0.25, 0.3) is 0 Å². The molecule has 0 spiro atoms. The number of esters is 4. The van der Waals surface area contributed by atoms with Crippen LogP contribution in [-0.2, 0) is 42.9 Å². The largest absolute Gasteiger partial charge is 0.463 e. The zero-order valence-corrected chi connectivity index (χ0v) is 23.3. The second kappa shape index (κ2) is 13.9. The van der Waals surface area contributed by atoms with Gasteiger partial charge in [0.2, 0.25) is 0 Å². The summed E-state index contributed by atoms with van der Waals surface area (Å²) in [6.45, 7) is 7.21. The summed E-state index contributed by atoms with van der Waals surface area (Å²) in [6.07, 6.45) is -5.65. The van der Waals surface area contributed by atoms with Gasteiger partial charge in [0.25, 0.3) is 11.4 Å². The lowest BCUT2D eigenvalue weighted by Crippen LogP contribution is -2.61. The molecule has 1 fully saturated rings. The first-order chi connectivity index (χ1) is 18.6. The van der Waals surface area contributed by atoms with Gasteiger partial charge in [0.15, 0.2) is 18.3 Å². The Hall–Kier alpha value is -3.99. The van der Waals surface area contributed by atoms with Crippen molar-refractivity contribution in [3.05, 3.63) is 32.4 Å². The fourth-order valence-electron chi connectivity index (χ4n) is 3.78. The topological polar surface area (TPSA) is 213 Å². The van der Waals surface area contributed by atoms with Crippen LogP contribution in [0.3, 0.4) is 0 Å². The van der Waals surface area contributed by atoms with E-state index < -0.39 is 81.6 Å². The summed E-state index contributed by atoms with van der Waals surface area (Å²) in [5, 5.41) is 26.4. The van der Waals surface area contributed by atoms with Crippen LogP contribution in [0.5, 0.6) is 0 Å². The smallest absolute Gasteiger partial charge is 0.303 e. The van der Waals surface area contributed by atoms with Crippen molar-refractivity contribution in [2.75, 3.05) is 11.9 Å². The van der Waals surface area contributed by atoms with Gasteiger partial charge < -0.3 is 29.0 Å². The summed E-state index contributed by atoms with van der Waals surface area (Å²) in [6, 6.07) is 1.66. The Kier molecular flexibility index (Phi) is 11.2. The highest BCUT2D eigenvalue weighted by Gasteiger charge is 2.53. The first-order valence-electron chi connectivity index (χ1n) is 11.8. The molecule has 0 bridgehead atoms. The highest BCUT2D eigenvalue weighted by Crippen LogP contribution is 2.44. The predicted molar refractivity (Wildman–Crippen MR) is 136 cm³/mol. The summed E-state index contributed by atoms with van der Waals surface area (Å²) < 4.78 is 27.0. The first-order valence-corrected chi connectivity index (χ1v) is 12.7. The molecule has 40 heavy (non-hydrogen) atoms. The lowest BCUT2D eigenvalue weighted by atomic mass is 9.99. The Balaban J connectivity index is 2.69. The number of ether oxygens (including phenoxy) is 5. The number of nitro benzene ring substituents is 2. The van der Waals surface area contributed by atoms with Gasteiger partial charge in [-0.3, -0.25) is 39.4 Å². The number of carbonyl (C=O) groups excluding carboxylic acids is 4. The predicted octanol–water partition coefficient (Wildman–Crippen LogP) is 2.50. The van der Waals surface area contributed by atoms with Crippen molar-refractivity contribution in [2.45, 2.75) is 82.3 Å². The lowest BCUT2D eigenvalue weighted by molar-refractivity contribution is -0.395. The van der Waals surface area contributed by atoms with Crippen LogP contribution in [0.15, 0.2) is 17.0 Å². The van der Waals surface area contributed by atoms with Gasteiger partial charge in [-0.1, -0.05) is 11.8 Å².